The third-order valence-electron chi connectivity index (χ3n) is 3.03. The van der Waals surface area contributed by atoms with Crippen LogP contribution in [0.4, 0.5) is 0 Å². The lowest BCUT2D eigenvalue weighted by atomic mass is 10.0. The van der Waals surface area contributed by atoms with Gasteiger partial charge in [-0.3, -0.25) is 14.5 Å². The van der Waals surface area contributed by atoms with Crippen LogP contribution in [0, 0.1) is 6.92 Å². The first-order chi connectivity index (χ1) is 8.45. The quantitative estimate of drug-likeness (QED) is 0.773. The topological polar surface area (TPSA) is 63.4 Å². The maximum absolute atomic E-state index is 12.2. The number of nitrogens with zero attached hydrogens (tertiary/aromatic N) is 1. The number of likely N-dealkylation sites (N-methyl/N-ethyl adjacent to an activating group) is 1. The van der Waals surface area contributed by atoms with Crippen molar-refractivity contribution in [3.05, 3.63) is 35.4 Å². The minimum Gasteiger partial charge on any atom is -0.369 e. The third-order valence-corrected chi connectivity index (χ3v) is 3.03. The lowest BCUT2D eigenvalue weighted by Gasteiger charge is -2.25. The van der Waals surface area contributed by atoms with E-state index >= 15 is 0 Å². The Morgan fingerprint density at radius 3 is 2.28 bits per heavy atom. The van der Waals surface area contributed by atoms with E-state index in [4.69, 9.17) is 5.73 Å². The lowest BCUT2D eigenvalue weighted by molar-refractivity contribution is -0.119. The number of ketones is 1. The SMILES string of the molecule is CCN(CC(N)=O)C(C)C(=O)c1ccc(C)cc1. The molecular formula is C14H20N2O2. The molecule has 1 unspecified atom stereocenters. The number of rotatable bonds is 6. The average Bonchev–Trinajstić information content (AvgIpc) is 2.35. The van der Waals surface area contributed by atoms with Crippen LogP contribution in [0.2, 0.25) is 0 Å². The molecule has 0 radical (unpaired) electrons. The summed E-state index contributed by atoms with van der Waals surface area (Å²) in [6, 6.07) is 7.10. The molecule has 0 bridgehead atoms. The average molecular weight is 248 g/mol. The van der Waals surface area contributed by atoms with Gasteiger partial charge in [0.1, 0.15) is 0 Å². The highest BCUT2D eigenvalue weighted by Crippen LogP contribution is 2.10. The van der Waals surface area contributed by atoms with Crippen molar-refractivity contribution in [2.45, 2.75) is 26.8 Å². The first kappa shape index (κ1) is 14.4. The van der Waals surface area contributed by atoms with Gasteiger partial charge < -0.3 is 5.73 Å². The van der Waals surface area contributed by atoms with E-state index in [1.165, 1.54) is 0 Å². The van der Waals surface area contributed by atoms with E-state index in [2.05, 4.69) is 0 Å². The van der Waals surface area contributed by atoms with Crippen LogP contribution in [0.5, 0.6) is 0 Å². The molecule has 0 spiro atoms. The van der Waals surface area contributed by atoms with Crippen LogP contribution < -0.4 is 5.73 Å². The summed E-state index contributed by atoms with van der Waals surface area (Å²) in [5, 5.41) is 0. The Hall–Kier alpha value is -1.68. The third kappa shape index (κ3) is 3.67. The number of carbonyl (C=O) groups is 2. The number of Topliss-reactive ketones (excluding diaryl/α,β-unsaturated/α-hetero) is 1. The Morgan fingerprint density at radius 1 is 1.28 bits per heavy atom. The van der Waals surface area contributed by atoms with Gasteiger partial charge in [-0.05, 0) is 20.4 Å². The van der Waals surface area contributed by atoms with Crippen molar-refractivity contribution in [2.24, 2.45) is 5.73 Å². The smallest absolute Gasteiger partial charge is 0.231 e. The number of carbonyl (C=O) groups excluding carboxylic acids is 2. The van der Waals surface area contributed by atoms with Gasteiger partial charge in [-0.15, -0.1) is 0 Å². The highest BCUT2D eigenvalue weighted by molar-refractivity contribution is 6.00. The fourth-order valence-corrected chi connectivity index (χ4v) is 1.85. The number of aryl methyl sites for hydroxylation is 1. The molecule has 1 atom stereocenters. The zero-order chi connectivity index (χ0) is 13.7. The largest absolute Gasteiger partial charge is 0.369 e. The van der Waals surface area contributed by atoms with Crippen molar-refractivity contribution in [2.75, 3.05) is 13.1 Å². The molecule has 1 rings (SSSR count). The molecule has 0 aliphatic carbocycles. The molecule has 0 aliphatic rings. The van der Waals surface area contributed by atoms with E-state index in [-0.39, 0.29) is 18.4 Å². The van der Waals surface area contributed by atoms with Gasteiger partial charge in [0.25, 0.3) is 0 Å². The summed E-state index contributed by atoms with van der Waals surface area (Å²) in [4.78, 5) is 25.0. The van der Waals surface area contributed by atoms with Crippen molar-refractivity contribution in [1.29, 1.82) is 0 Å². The van der Waals surface area contributed by atoms with Crippen LogP contribution in [-0.4, -0.2) is 35.7 Å². The first-order valence-electron chi connectivity index (χ1n) is 6.09. The molecular weight excluding hydrogens is 228 g/mol. The minimum atomic E-state index is -0.416. The van der Waals surface area contributed by atoms with Crippen molar-refractivity contribution in [1.82, 2.24) is 4.90 Å². The van der Waals surface area contributed by atoms with E-state index in [0.717, 1.165) is 5.56 Å². The van der Waals surface area contributed by atoms with Gasteiger partial charge in [0, 0.05) is 5.56 Å². The molecule has 0 aliphatic heterocycles. The number of hydrogen-bond acceptors (Lipinski definition) is 3. The number of hydrogen-bond donors (Lipinski definition) is 1. The second kappa shape index (κ2) is 6.31. The molecule has 1 aromatic rings. The van der Waals surface area contributed by atoms with Gasteiger partial charge in [0.05, 0.1) is 12.6 Å². The minimum absolute atomic E-state index is 0.0121. The van der Waals surface area contributed by atoms with E-state index in [0.29, 0.717) is 12.1 Å². The Balaban J connectivity index is 2.81. The monoisotopic (exact) mass is 248 g/mol. The molecule has 0 saturated carbocycles. The molecule has 0 saturated heterocycles. The highest BCUT2D eigenvalue weighted by Gasteiger charge is 2.22. The van der Waals surface area contributed by atoms with Crippen LogP contribution in [0.15, 0.2) is 24.3 Å². The van der Waals surface area contributed by atoms with E-state index < -0.39 is 5.91 Å². The predicted octanol–water partition coefficient (Wildman–Crippen LogP) is 1.37. The fraction of sp³-hybridized carbons (Fsp3) is 0.429. The maximum atomic E-state index is 12.2. The number of primary amides is 1. The normalized spacial score (nSPS) is 12.4. The molecule has 2 N–H and O–H groups in total. The molecule has 4 nitrogen and oxygen atoms in total. The zero-order valence-corrected chi connectivity index (χ0v) is 11.1. The zero-order valence-electron chi connectivity index (χ0n) is 11.1. The van der Waals surface area contributed by atoms with Crippen molar-refractivity contribution >= 4 is 11.7 Å². The predicted molar refractivity (Wildman–Crippen MR) is 71.4 cm³/mol. The van der Waals surface area contributed by atoms with Gasteiger partial charge in [-0.2, -0.15) is 0 Å². The summed E-state index contributed by atoms with van der Waals surface area (Å²) in [6.45, 7) is 6.40. The number of benzene rings is 1. The second-order valence-electron chi connectivity index (χ2n) is 4.44. The Kier molecular flexibility index (Phi) is 5.04. The lowest BCUT2D eigenvalue weighted by Crippen LogP contribution is -2.43. The number of amides is 1. The van der Waals surface area contributed by atoms with Crippen molar-refractivity contribution in [3.8, 4) is 0 Å². The summed E-state index contributed by atoms with van der Waals surface area (Å²) in [7, 11) is 0. The van der Waals surface area contributed by atoms with Crippen LogP contribution in [0.3, 0.4) is 0 Å². The fourth-order valence-electron chi connectivity index (χ4n) is 1.85. The molecule has 0 heterocycles. The molecule has 1 amide bonds. The second-order valence-corrected chi connectivity index (χ2v) is 4.44. The summed E-state index contributed by atoms with van der Waals surface area (Å²) < 4.78 is 0. The number of nitrogens with two attached hydrogens (primary N) is 1. The van der Waals surface area contributed by atoms with Crippen LogP contribution in [-0.2, 0) is 4.79 Å². The summed E-state index contributed by atoms with van der Waals surface area (Å²) in [5.74, 6) is -0.404. The van der Waals surface area contributed by atoms with Crippen LogP contribution in [0.1, 0.15) is 29.8 Å². The van der Waals surface area contributed by atoms with Crippen molar-refractivity contribution in [3.63, 3.8) is 0 Å². The maximum Gasteiger partial charge on any atom is 0.231 e. The molecule has 0 aromatic heterocycles. The molecule has 98 valence electrons. The summed E-state index contributed by atoms with van der Waals surface area (Å²) in [6.07, 6.45) is 0. The molecule has 18 heavy (non-hydrogen) atoms. The molecule has 0 fully saturated rings. The van der Waals surface area contributed by atoms with Gasteiger partial charge >= 0.3 is 0 Å². The van der Waals surface area contributed by atoms with Gasteiger partial charge in [0.15, 0.2) is 5.78 Å². The summed E-state index contributed by atoms with van der Waals surface area (Å²) in [5.41, 5.74) is 6.95. The first-order valence-corrected chi connectivity index (χ1v) is 6.09. The molecule has 1 aromatic carbocycles. The Labute approximate surface area is 108 Å². The van der Waals surface area contributed by atoms with Gasteiger partial charge in [-0.25, -0.2) is 0 Å². The molecule has 4 heteroatoms. The summed E-state index contributed by atoms with van der Waals surface area (Å²) >= 11 is 0. The van der Waals surface area contributed by atoms with E-state index in [1.807, 2.05) is 38.1 Å². The van der Waals surface area contributed by atoms with Gasteiger partial charge in [-0.1, -0.05) is 36.8 Å². The van der Waals surface area contributed by atoms with Crippen molar-refractivity contribution < 1.29 is 9.59 Å². The van der Waals surface area contributed by atoms with Gasteiger partial charge in [0.2, 0.25) is 5.91 Å². The van der Waals surface area contributed by atoms with Crippen LogP contribution >= 0.6 is 0 Å². The standard InChI is InChI=1S/C14H20N2O2/c1-4-16(9-13(15)17)11(3)14(18)12-7-5-10(2)6-8-12/h5-8,11H,4,9H2,1-3H3,(H2,15,17). The Bertz CT molecular complexity index is 426. The van der Waals surface area contributed by atoms with E-state index in [9.17, 15) is 9.59 Å². The Morgan fingerprint density at radius 2 is 1.83 bits per heavy atom. The van der Waals surface area contributed by atoms with E-state index in [1.54, 1.807) is 11.8 Å². The highest BCUT2D eigenvalue weighted by atomic mass is 16.1. The van der Waals surface area contributed by atoms with Crippen LogP contribution in [0.25, 0.3) is 0 Å².